The average Bonchev–Trinajstić information content (AvgIpc) is 3.21. The maximum atomic E-state index is 13.0. The minimum absolute atomic E-state index is 0.0137. The van der Waals surface area contributed by atoms with E-state index in [1.165, 1.54) is 6.33 Å². The van der Waals surface area contributed by atoms with E-state index in [1.807, 2.05) is 6.07 Å². The van der Waals surface area contributed by atoms with E-state index in [4.69, 9.17) is 4.74 Å². The highest BCUT2D eigenvalue weighted by atomic mass is 16.5. The number of benzene rings is 1. The largest absolute Gasteiger partial charge is 0.482 e. The van der Waals surface area contributed by atoms with Crippen LogP contribution in [0.15, 0.2) is 24.5 Å². The van der Waals surface area contributed by atoms with Gasteiger partial charge in [0.15, 0.2) is 18.1 Å². The van der Waals surface area contributed by atoms with Crippen molar-refractivity contribution in [3.05, 3.63) is 35.8 Å². The van der Waals surface area contributed by atoms with Crippen molar-refractivity contribution < 1.29 is 24.2 Å². The highest BCUT2D eigenvalue weighted by Crippen LogP contribution is 2.30. The third-order valence-corrected chi connectivity index (χ3v) is 6.72. The first-order valence-corrected chi connectivity index (χ1v) is 11.9. The summed E-state index contributed by atoms with van der Waals surface area (Å²) in [6.07, 6.45) is 4.39. The highest BCUT2D eigenvalue weighted by Gasteiger charge is 2.26. The maximum absolute atomic E-state index is 13.0. The lowest BCUT2D eigenvalue weighted by Gasteiger charge is -2.26. The molecule has 0 spiro atoms. The topological polar surface area (TPSA) is 160 Å². The van der Waals surface area contributed by atoms with Gasteiger partial charge in [-0.15, -0.1) is 0 Å². The second-order valence-electron chi connectivity index (χ2n) is 9.18. The predicted molar refractivity (Wildman–Crippen MR) is 130 cm³/mol. The molecule has 2 aromatic heterocycles. The molecule has 0 unspecified atom stereocenters. The molecule has 0 radical (unpaired) electrons. The lowest BCUT2D eigenvalue weighted by atomic mass is 9.82. The quantitative estimate of drug-likeness (QED) is 0.385. The van der Waals surface area contributed by atoms with Crippen LogP contribution < -0.4 is 20.7 Å². The number of rotatable bonds is 7. The van der Waals surface area contributed by atoms with E-state index in [9.17, 15) is 19.5 Å². The zero-order chi connectivity index (χ0) is 25.2. The molecule has 4 N–H and O–H groups in total. The van der Waals surface area contributed by atoms with Gasteiger partial charge in [-0.1, -0.05) is 6.07 Å². The first-order valence-electron chi connectivity index (χ1n) is 11.9. The fourth-order valence-electron chi connectivity index (χ4n) is 4.75. The van der Waals surface area contributed by atoms with Gasteiger partial charge in [0.1, 0.15) is 23.1 Å². The monoisotopic (exact) mass is 493 g/mol. The lowest BCUT2D eigenvalue weighted by Crippen LogP contribution is -2.26. The van der Waals surface area contributed by atoms with Gasteiger partial charge in [0.2, 0.25) is 0 Å². The van der Waals surface area contributed by atoms with Gasteiger partial charge in [-0.25, -0.2) is 9.97 Å². The summed E-state index contributed by atoms with van der Waals surface area (Å²) >= 11 is 0. The number of carbonyl (C=O) groups excluding carboxylic acids is 2. The zero-order valence-electron chi connectivity index (χ0n) is 19.8. The molecular formula is C24H27N7O5. The van der Waals surface area contributed by atoms with Crippen LogP contribution in [0.25, 0.3) is 11.0 Å². The Balaban J connectivity index is 1.25. The van der Waals surface area contributed by atoms with Gasteiger partial charge in [-0.05, 0) is 49.3 Å². The molecule has 3 heterocycles. The standard InChI is InChI=1S/C24H27N7O5/c1-31-21-19(22(30-31)25-9-13-2-5-15(6-3-13)24(34)35)27-12-28-20(21)23(33)26-10-14-4-7-17-16(8-14)29-18(32)11-36-17/h4,7-8,12-13,15H,2-3,5-6,9-11H2,1H3,(H,25,30)(H,26,33)(H,29,32)(H,34,35). The second kappa shape index (κ2) is 9.80. The molecule has 5 rings (SSSR count). The number of nitrogens with zero attached hydrogens (tertiary/aromatic N) is 4. The number of aliphatic carboxylic acids is 1. The van der Waals surface area contributed by atoms with Crippen LogP contribution in [-0.2, 0) is 23.2 Å². The molecule has 188 valence electrons. The van der Waals surface area contributed by atoms with Gasteiger partial charge >= 0.3 is 5.97 Å². The fraction of sp³-hybridized carbons (Fsp3) is 0.417. The number of hydrogen-bond donors (Lipinski definition) is 4. The average molecular weight is 494 g/mol. The molecule has 1 saturated carbocycles. The molecule has 12 nitrogen and oxygen atoms in total. The van der Waals surface area contributed by atoms with Crippen LogP contribution in [0.5, 0.6) is 5.75 Å². The van der Waals surface area contributed by atoms with Crippen LogP contribution in [-0.4, -0.2) is 55.8 Å². The summed E-state index contributed by atoms with van der Waals surface area (Å²) in [5.74, 6) is -0.0513. The van der Waals surface area contributed by atoms with Crippen molar-refractivity contribution in [3.8, 4) is 5.75 Å². The highest BCUT2D eigenvalue weighted by molar-refractivity contribution is 6.05. The number of ether oxygens (including phenoxy) is 1. The van der Waals surface area contributed by atoms with Gasteiger partial charge in [0.25, 0.3) is 11.8 Å². The van der Waals surface area contributed by atoms with Gasteiger partial charge in [0, 0.05) is 20.1 Å². The number of amides is 2. The third kappa shape index (κ3) is 4.79. The van der Waals surface area contributed by atoms with Crippen LogP contribution in [0.3, 0.4) is 0 Å². The summed E-state index contributed by atoms with van der Waals surface area (Å²) in [5, 5.41) is 22.7. The van der Waals surface area contributed by atoms with Gasteiger partial charge in [-0.3, -0.25) is 19.1 Å². The van der Waals surface area contributed by atoms with E-state index in [-0.39, 0.29) is 36.6 Å². The van der Waals surface area contributed by atoms with Crippen molar-refractivity contribution in [3.63, 3.8) is 0 Å². The van der Waals surface area contributed by atoms with Crippen molar-refractivity contribution in [2.45, 2.75) is 32.2 Å². The van der Waals surface area contributed by atoms with E-state index >= 15 is 0 Å². The van der Waals surface area contributed by atoms with E-state index < -0.39 is 5.97 Å². The zero-order valence-corrected chi connectivity index (χ0v) is 19.8. The van der Waals surface area contributed by atoms with Crippen molar-refractivity contribution in [2.24, 2.45) is 18.9 Å². The Bertz CT molecular complexity index is 1330. The molecule has 0 atom stereocenters. The smallest absolute Gasteiger partial charge is 0.306 e. The molecule has 1 aliphatic heterocycles. The first-order chi connectivity index (χ1) is 17.4. The number of aryl methyl sites for hydroxylation is 1. The minimum Gasteiger partial charge on any atom is -0.482 e. The number of carboxylic acid groups (broad SMARTS) is 1. The molecule has 1 aliphatic carbocycles. The van der Waals surface area contributed by atoms with Crippen molar-refractivity contribution in [2.75, 3.05) is 23.8 Å². The molecule has 1 aromatic carbocycles. The lowest BCUT2D eigenvalue weighted by molar-refractivity contribution is -0.143. The Hall–Kier alpha value is -4.22. The Morgan fingerprint density at radius 2 is 2.03 bits per heavy atom. The molecule has 0 bridgehead atoms. The Morgan fingerprint density at radius 3 is 2.81 bits per heavy atom. The van der Waals surface area contributed by atoms with Crippen LogP contribution in [0.1, 0.15) is 41.7 Å². The summed E-state index contributed by atoms with van der Waals surface area (Å²) in [5.41, 5.74) is 2.63. The Morgan fingerprint density at radius 1 is 1.22 bits per heavy atom. The SMILES string of the molecule is Cn1nc(NCC2CCC(C(=O)O)CC2)c2ncnc(C(=O)NCc3ccc4c(c3)NC(=O)CO4)c21. The molecule has 3 aromatic rings. The summed E-state index contributed by atoms with van der Waals surface area (Å²) in [6, 6.07) is 5.34. The van der Waals surface area contributed by atoms with Gasteiger partial charge in [-0.2, -0.15) is 5.10 Å². The number of aromatic nitrogens is 4. The maximum Gasteiger partial charge on any atom is 0.306 e. The number of carbonyl (C=O) groups is 3. The second-order valence-corrected chi connectivity index (χ2v) is 9.18. The van der Waals surface area contributed by atoms with E-state index in [0.717, 1.165) is 18.4 Å². The number of carboxylic acids is 1. The number of hydrogen-bond acceptors (Lipinski definition) is 8. The molecule has 0 saturated heterocycles. The Labute approximate surface area is 206 Å². The van der Waals surface area contributed by atoms with Crippen molar-refractivity contribution in [1.29, 1.82) is 0 Å². The van der Waals surface area contributed by atoms with Crippen molar-refractivity contribution in [1.82, 2.24) is 25.1 Å². The van der Waals surface area contributed by atoms with Crippen LogP contribution in [0.4, 0.5) is 11.5 Å². The minimum atomic E-state index is -0.716. The van der Waals surface area contributed by atoms with Crippen LogP contribution in [0.2, 0.25) is 0 Å². The van der Waals surface area contributed by atoms with E-state index in [0.29, 0.717) is 53.6 Å². The molecule has 36 heavy (non-hydrogen) atoms. The molecule has 2 amide bonds. The fourth-order valence-corrected chi connectivity index (χ4v) is 4.75. The summed E-state index contributed by atoms with van der Waals surface area (Å²) in [4.78, 5) is 44.3. The number of nitrogens with one attached hydrogen (secondary N) is 3. The number of fused-ring (bicyclic) bond motifs is 2. The summed E-state index contributed by atoms with van der Waals surface area (Å²) in [7, 11) is 1.73. The van der Waals surface area contributed by atoms with Crippen LogP contribution in [0, 0.1) is 11.8 Å². The molecule has 12 heteroatoms. The van der Waals surface area contributed by atoms with E-state index in [2.05, 4.69) is 31.0 Å². The van der Waals surface area contributed by atoms with Crippen molar-refractivity contribution >= 4 is 40.3 Å². The van der Waals surface area contributed by atoms with Crippen LogP contribution >= 0.6 is 0 Å². The van der Waals surface area contributed by atoms with Gasteiger partial charge in [0.05, 0.1) is 11.6 Å². The first kappa shape index (κ1) is 23.5. The normalized spacial score (nSPS) is 19.2. The summed E-state index contributed by atoms with van der Waals surface area (Å²) in [6.45, 7) is 0.873. The Kier molecular flexibility index (Phi) is 6.40. The molecule has 1 fully saturated rings. The van der Waals surface area contributed by atoms with Gasteiger partial charge < -0.3 is 25.8 Å². The third-order valence-electron chi connectivity index (χ3n) is 6.72. The molecular weight excluding hydrogens is 466 g/mol. The molecule has 2 aliphatic rings. The van der Waals surface area contributed by atoms with E-state index in [1.54, 1.807) is 23.9 Å². The number of anilines is 2. The summed E-state index contributed by atoms with van der Waals surface area (Å²) < 4.78 is 6.95. The predicted octanol–water partition coefficient (Wildman–Crippen LogP) is 1.93.